The third kappa shape index (κ3) is 3.65. The zero-order valence-corrected chi connectivity index (χ0v) is 16.8. The smallest absolute Gasteiger partial charge is 0.271 e. The standard InChI is InChI=1S/C24H18N4OS/c29-23-22(14-18-11-12-20-21(13-18)27-16-26-20)30-24(25-15-17-7-3-1-4-8-17)28(23)19-9-5-2-6-10-19/h1-14,16H,15H2,(H,26,27). The molecule has 1 N–H and O–H groups in total. The lowest BCUT2D eigenvalue weighted by molar-refractivity contribution is -0.113. The van der Waals surface area contributed by atoms with Crippen LogP contribution in [0.1, 0.15) is 11.1 Å². The van der Waals surface area contributed by atoms with Gasteiger partial charge in [-0.2, -0.15) is 0 Å². The molecule has 0 aliphatic carbocycles. The minimum Gasteiger partial charge on any atom is -0.345 e. The van der Waals surface area contributed by atoms with Crippen LogP contribution in [0.4, 0.5) is 5.69 Å². The van der Waals surface area contributed by atoms with E-state index < -0.39 is 0 Å². The van der Waals surface area contributed by atoms with Crippen LogP contribution in [-0.2, 0) is 11.3 Å². The lowest BCUT2D eigenvalue weighted by atomic mass is 10.2. The van der Waals surface area contributed by atoms with Gasteiger partial charge in [-0.05, 0) is 53.2 Å². The van der Waals surface area contributed by atoms with Gasteiger partial charge in [-0.1, -0.05) is 54.6 Å². The van der Waals surface area contributed by atoms with Crippen molar-refractivity contribution in [1.29, 1.82) is 0 Å². The number of carbonyl (C=O) groups is 1. The summed E-state index contributed by atoms with van der Waals surface area (Å²) in [5.74, 6) is -0.0693. The number of carbonyl (C=O) groups excluding carboxylic acids is 1. The lowest BCUT2D eigenvalue weighted by Gasteiger charge is -2.15. The van der Waals surface area contributed by atoms with E-state index in [0.29, 0.717) is 16.6 Å². The van der Waals surface area contributed by atoms with E-state index >= 15 is 0 Å². The van der Waals surface area contributed by atoms with Crippen LogP contribution in [0.25, 0.3) is 17.1 Å². The SMILES string of the molecule is O=C1C(=Cc2ccc3[nH]cnc3c2)SC(=NCc2ccccc2)N1c1ccccc1. The Kier molecular flexibility index (Phi) is 4.91. The molecule has 4 aromatic rings. The summed E-state index contributed by atoms with van der Waals surface area (Å²) in [6, 6.07) is 25.6. The van der Waals surface area contributed by atoms with Crippen molar-refractivity contribution in [2.45, 2.75) is 6.54 Å². The molecule has 1 aliphatic heterocycles. The maximum Gasteiger partial charge on any atom is 0.271 e. The molecule has 0 radical (unpaired) electrons. The van der Waals surface area contributed by atoms with Crippen LogP contribution < -0.4 is 4.90 Å². The van der Waals surface area contributed by atoms with E-state index in [-0.39, 0.29) is 5.91 Å². The van der Waals surface area contributed by atoms with Gasteiger partial charge in [0.05, 0.1) is 34.5 Å². The molecule has 5 rings (SSSR count). The number of imidazole rings is 1. The first kappa shape index (κ1) is 18.4. The summed E-state index contributed by atoms with van der Waals surface area (Å²) >= 11 is 1.40. The molecule has 1 fully saturated rings. The second-order valence-electron chi connectivity index (χ2n) is 6.85. The number of hydrogen-bond acceptors (Lipinski definition) is 4. The zero-order chi connectivity index (χ0) is 20.3. The number of rotatable bonds is 4. The first-order chi connectivity index (χ1) is 14.8. The largest absolute Gasteiger partial charge is 0.345 e. The van der Waals surface area contributed by atoms with Gasteiger partial charge < -0.3 is 4.98 Å². The molecule has 146 valence electrons. The van der Waals surface area contributed by atoms with Crippen molar-refractivity contribution in [2.75, 3.05) is 4.90 Å². The number of H-pyrrole nitrogens is 1. The molecular formula is C24H18N4OS. The molecule has 6 heteroatoms. The monoisotopic (exact) mass is 410 g/mol. The van der Waals surface area contributed by atoms with Crippen LogP contribution >= 0.6 is 11.8 Å². The number of nitrogens with zero attached hydrogens (tertiary/aromatic N) is 3. The highest BCUT2D eigenvalue weighted by Crippen LogP contribution is 2.36. The van der Waals surface area contributed by atoms with E-state index in [0.717, 1.165) is 27.8 Å². The number of benzene rings is 3. The number of amidine groups is 1. The molecule has 30 heavy (non-hydrogen) atoms. The number of para-hydroxylation sites is 1. The van der Waals surface area contributed by atoms with Crippen LogP contribution in [0, 0.1) is 0 Å². The number of fused-ring (bicyclic) bond motifs is 1. The molecule has 1 saturated heterocycles. The summed E-state index contributed by atoms with van der Waals surface area (Å²) in [5, 5.41) is 0.683. The molecule has 0 unspecified atom stereocenters. The number of amides is 1. The fourth-order valence-electron chi connectivity index (χ4n) is 3.32. The third-order valence-electron chi connectivity index (χ3n) is 4.80. The lowest BCUT2D eigenvalue weighted by Crippen LogP contribution is -2.28. The fraction of sp³-hybridized carbons (Fsp3) is 0.0417. The minimum absolute atomic E-state index is 0.0693. The quantitative estimate of drug-likeness (QED) is 0.468. The van der Waals surface area contributed by atoms with E-state index in [1.165, 1.54) is 11.8 Å². The van der Waals surface area contributed by atoms with Crippen molar-refractivity contribution in [1.82, 2.24) is 9.97 Å². The highest BCUT2D eigenvalue weighted by Gasteiger charge is 2.34. The zero-order valence-electron chi connectivity index (χ0n) is 16.0. The second-order valence-corrected chi connectivity index (χ2v) is 7.86. The number of nitrogens with one attached hydrogen (secondary N) is 1. The Bertz CT molecular complexity index is 1260. The minimum atomic E-state index is -0.0693. The topological polar surface area (TPSA) is 61.4 Å². The molecule has 0 bridgehead atoms. The number of thioether (sulfide) groups is 1. The first-order valence-electron chi connectivity index (χ1n) is 9.58. The van der Waals surface area contributed by atoms with Gasteiger partial charge in [0, 0.05) is 0 Å². The fourth-order valence-corrected chi connectivity index (χ4v) is 4.30. The highest BCUT2D eigenvalue weighted by atomic mass is 32.2. The Morgan fingerprint density at radius 1 is 1.00 bits per heavy atom. The summed E-state index contributed by atoms with van der Waals surface area (Å²) < 4.78 is 0. The summed E-state index contributed by atoms with van der Waals surface area (Å²) in [6.07, 6.45) is 3.57. The number of hydrogen-bond donors (Lipinski definition) is 1. The van der Waals surface area contributed by atoms with Crippen molar-refractivity contribution < 1.29 is 4.79 Å². The summed E-state index contributed by atoms with van der Waals surface area (Å²) in [7, 11) is 0. The van der Waals surface area contributed by atoms with Crippen LogP contribution in [-0.4, -0.2) is 21.0 Å². The van der Waals surface area contributed by atoms with Crippen LogP contribution in [0.5, 0.6) is 0 Å². The average Bonchev–Trinajstić information content (AvgIpc) is 3.38. The van der Waals surface area contributed by atoms with Crippen LogP contribution in [0.2, 0.25) is 0 Å². The number of aliphatic imine (C=N–C) groups is 1. The van der Waals surface area contributed by atoms with Crippen molar-refractivity contribution in [2.24, 2.45) is 4.99 Å². The van der Waals surface area contributed by atoms with Crippen LogP contribution in [0.15, 0.2) is 95.1 Å². The van der Waals surface area contributed by atoms with Crippen LogP contribution in [0.3, 0.4) is 0 Å². The van der Waals surface area contributed by atoms with Gasteiger partial charge in [0.2, 0.25) is 0 Å². The van der Waals surface area contributed by atoms with Crippen molar-refractivity contribution in [3.05, 3.63) is 101 Å². The molecule has 0 spiro atoms. The van der Waals surface area contributed by atoms with E-state index in [4.69, 9.17) is 4.99 Å². The van der Waals surface area contributed by atoms with E-state index in [1.54, 1.807) is 11.2 Å². The Morgan fingerprint density at radius 3 is 2.57 bits per heavy atom. The maximum absolute atomic E-state index is 13.3. The average molecular weight is 411 g/mol. The molecule has 0 saturated carbocycles. The third-order valence-corrected chi connectivity index (χ3v) is 5.81. The van der Waals surface area contributed by atoms with E-state index in [2.05, 4.69) is 9.97 Å². The molecule has 5 nitrogen and oxygen atoms in total. The molecule has 1 aliphatic rings. The van der Waals surface area contributed by atoms with Gasteiger partial charge >= 0.3 is 0 Å². The predicted octanol–water partition coefficient (Wildman–Crippen LogP) is 5.24. The summed E-state index contributed by atoms with van der Waals surface area (Å²) in [6.45, 7) is 0.520. The Balaban J connectivity index is 1.51. The molecular weight excluding hydrogens is 392 g/mol. The van der Waals surface area contributed by atoms with Crippen molar-refractivity contribution >= 4 is 45.6 Å². The van der Waals surface area contributed by atoms with Gasteiger partial charge in [-0.3, -0.25) is 14.7 Å². The Hall–Kier alpha value is -3.64. The predicted molar refractivity (Wildman–Crippen MR) is 123 cm³/mol. The Morgan fingerprint density at radius 2 is 1.77 bits per heavy atom. The van der Waals surface area contributed by atoms with Gasteiger partial charge in [0.15, 0.2) is 5.17 Å². The second kappa shape index (κ2) is 8.00. The van der Waals surface area contributed by atoms with E-state index in [9.17, 15) is 4.79 Å². The number of aromatic amines is 1. The van der Waals surface area contributed by atoms with Gasteiger partial charge in [-0.15, -0.1) is 0 Å². The molecule has 1 aromatic heterocycles. The maximum atomic E-state index is 13.3. The first-order valence-corrected chi connectivity index (χ1v) is 10.4. The molecule has 1 amide bonds. The molecule has 2 heterocycles. The normalized spacial score (nSPS) is 16.8. The summed E-state index contributed by atoms with van der Waals surface area (Å²) in [5.41, 5.74) is 4.69. The van der Waals surface area contributed by atoms with Crippen molar-refractivity contribution in [3.8, 4) is 0 Å². The number of anilines is 1. The highest BCUT2D eigenvalue weighted by molar-refractivity contribution is 8.19. The Labute approximate surface area is 178 Å². The van der Waals surface area contributed by atoms with E-state index in [1.807, 2.05) is 84.9 Å². The van der Waals surface area contributed by atoms with Gasteiger partial charge in [-0.25, -0.2) is 4.98 Å². The number of aromatic nitrogens is 2. The molecule has 0 atom stereocenters. The van der Waals surface area contributed by atoms with Gasteiger partial charge in [0.1, 0.15) is 0 Å². The molecule has 3 aromatic carbocycles. The van der Waals surface area contributed by atoms with Gasteiger partial charge in [0.25, 0.3) is 5.91 Å². The summed E-state index contributed by atoms with van der Waals surface area (Å²) in [4.78, 5) is 27.8. The van der Waals surface area contributed by atoms with Crippen molar-refractivity contribution in [3.63, 3.8) is 0 Å².